The highest BCUT2D eigenvalue weighted by Crippen LogP contribution is 2.30. The molecule has 0 spiro atoms. The third kappa shape index (κ3) is 3.00. The highest BCUT2D eigenvalue weighted by Gasteiger charge is 2.16. The fourth-order valence-electron chi connectivity index (χ4n) is 2.06. The minimum absolute atomic E-state index is 0.0702. The van der Waals surface area contributed by atoms with Gasteiger partial charge in [-0.2, -0.15) is 0 Å². The minimum Gasteiger partial charge on any atom is -0.486 e. The maximum Gasteiger partial charge on any atom is 0.251 e. The normalized spacial score (nSPS) is 14.5. The summed E-state index contributed by atoms with van der Waals surface area (Å²) in [4.78, 5) is 12.1. The van der Waals surface area contributed by atoms with Crippen LogP contribution >= 0.6 is 0 Å². The average molecular weight is 289 g/mol. The first-order valence-electron chi connectivity index (χ1n) is 6.63. The molecule has 0 radical (unpaired) electrons. The second kappa shape index (κ2) is 5.88. The van der Waals surface area contributed by atoms with Crippen molar-refractivity contribution in [1.29, 1.82) is 0 Å². The number of fused-ring (bicyclic) bond motifs is 1. The number of ether oxygens (including phenoxy) is 2. The molecule has 1 atom stereocenters. The predicted molar refractivity (Wildman–Crippen MR) is 73.4 cm³/mol. The number of hydrogen-bond acceptors (Lipinski definition) is 5. The molecule has 3 rings (SSSR count). The number of rotatable bonds is 4. The van der Waals surface area contributed by atoms with E-state index >= 15 is 0 Å². The maximum atomic E-state index is 12.1. The van der Waals surface area contributed by atoms with E-state index in [1.165, 1.54) is 6.26 Å². The summed E-state index contributed by atoms with van der Waals surface area (Å²) in [6, 6.07) is 8.32. The molecule has 1 aromatic heterocycles. The summed E-state index contributed by atoms with van der Waals surface area (Å²) in [6.07, 6.45) is 0.599. The van der Waals surface area contributed by atoms with Crippen molar-refractivity contribution in [3.63, 3.8) is 0 Å². The topological polar surface area (TPSA) is 80.9 Å². The Bertz CT molecular complexity index is 623. The Kier molecular flexibility index (Phi) is 3.79. The molecule has 2 heterocycles. The van der Waals surface area contributed by atoms with Crippen LogP contribution in [-0.4, -0.2) is 30.8 Å². The van der Waals surface area contributed by atoms with E-state index < -0.39 is 6.10 Å². The molecule has 0 bridgehead atoms. The standard InChI is InChI=1S/C15H15NO5/c17-11(12-2-1-5-19-12)9-16-15(18)10-3-4-13-14(8-10)21-7-6-20-13/h1-5,8,11,17H,6-7,9H2,(H,16,18). The first-order chi connectivity index (χ1) is 10.2. The van der Waals surface area contributed by atoms with Crippen LogP contribution in [0.2, 0.25) is 0 Å². The summed E-state index contributed by atoms with van der Waals surface area (Å²) in [5, 5.41) is 12.5. The van der Waals surface area contributed by atoms with E-state index in [4.69, 9.17) is 13.9 Å². The van der Waals surface area contributed by atoms with Crippen molar-refractivity contribution >= 4 is 5.91 Å². The molecular formula is C15H15NO5. The molecule has 110 valence electrons. The number of hydrogen-bond donors (Lipinski definition) is 2. The van der Waals surface area contributed by atoms with Gasteiger partial charge < -0.3 is 24.3 Å². The summed E-state index contributed by atoms with van der Waals surface area (Å²) in [5.41, 5.74) is 0.450. The largest absolute Gasteiger partial charge is 0.486 e. The lowest BCUT2D eigenvalue weighted by atomic mass is 10.1. The maximum absolute atomic E-state index is 12.1. The van der Waals surface area contributed by atoms with Crippen LogP contribution in [0.15, 0.2) is 41.0 Å². The van der Waals surface area contributed by atoms with Gasteiger partial charge in [-0.05, 0) is 30.3 Å². The highest BCUT2D eigenvalue weighted by atomic mass is 16.6. The van der Waals surface area contributed by atoms with Gasteiger partial charge in [-0.3, -0.25) is 4.79 Å². The summed E-state index contributed by atoms with van der Waals surface area (Å²) in [5.74, 6) is 1.31. The van der Waals surface area contributed by atoms with Crippen LogP contribution in [0.3, 0.4) is 0 Å². The highest BCUT2D eigenvalue weighted by molar-refractivity contribution is 5.94. The van der Waals surface area contributed by atoms with E-state index in [9.17, 15) is 9.90 Å². The summed E-state index contributed by atoms with van der Waals surface area (Å²) >= 11 is 0. The van der Waals surface area contributed by atoms with Crippen molar-refractivity contribution in [2.75, 3.05) is 19.8 Å². The molecule has 1 aliphatic heterocycles. The molecule has 0 aliphatic carbocycles. The number of carbonyl (C=O) groups is 1. The summed E-state index contributed by atoms with van der Waals surface area (Å²) < 4.78 is 15.9. The van der Waals surface area contributed by atoms with E-state index in [-0.39, 0.29) is 12.5 Å². The van der Waals surface area contributed by atoms with E-state index in [1.807, 2.05) is 0 Å². The molecular weight excluding hydrogens is 274 g/mol. The second-order valence-electron chi connectivity index (χ2n) is 4.60. The lowest BCUT2D eigenvalue weighted by Crippen LogP contribution is -2.28. The van der Waals surface area contributed by atoms with Crippen molar-refractivity contribution < 1.29 is 23.8 Å². The average Bonchev–Trinajstić information content (AvgIpc) is 3.06. The van der Waals surface area contributed by atoms with Crippen LogP contribution in [0.5, 0.6) is 11.5 Å². The van der Waals surface area contributed by atoms with Gasteiger partial charge in [-0.25, -0.2) is 0 Å². The number of nitrogens with one attached hydrogen (secondary N) is 1. The molecule has 2 N–H and O–H groups in total. The number of amides is 1. The zero-order valence-electron chi connectivity index (χ0n) is 11.2. The zero-order chi connectivity index (χ0) is 14.7. The fraction of sp³-hybridized carbons (Fsp3) is 0.267. The Balaban J connectivity index is 1.63. The number of aliphatic hydroxyl groups excluding tert-OH is 1. The molecule has 0 fully saturated rings. The molecule has 1 amide bonds. The predicted octanol–water partition coefficient (Wildman–Crippen LogP) is 1.51. The van der Waals surface area contributed by atoms with Crippen LogP contribution in [0.25, 0.3) is 0 Å². The Hall–Kier alpha value is -2.47. The molecule has 6 nitrogen and oxygen atoms in total. The smallest absolute Gasteiger partial charge is 0.251 e. The molecule has 6 heteroatoms. The lowest BCUT2D eigenvalue weighted by molar-refractivity contribution is 0.0900. The SMILES string of the molecule is O=C(NCC(O)c1ccco1)c1ccc2c(c1)OCCO2. The first-order valence-corrected chi connectivity index (χ1v) is 6.63. The summed E-state index contributed by atoms with van der Waals surface area (Å²) in [7, 11) is 0. The van der Waals surface area contributed by atoms with Crippen LogP contribution < -0.4 is 14.8 Å². The van der Waals surface area contributed by atoms with E-state index in [0.717, 1.165) is 0 Å². The van der Waals surface area contributed by atoms with Gasteiger partial charge in [0.05, 0.1) is 12.8 Å². The Labute approximate surface area is 121 Å². The second-order valence-corrected chi connectivity index (χ2v) is 4.60. The van der Waals surface area contributed by atoms with Gasteiger partial charge in [0, 0.05) is 5.56 Å². The fourth-order valence-corrected chi connectivity index (χ4v) is 2.06. The van der Waals surface area contributed by atoms with Crippen molar-refractivity contribution in [3.05, 3.63) is 47.9 Å². The molecule has 0 saturated carbocycles. The van der Waals surface area contributed by atoms with Crippen molar-refractivity contribution in [3.8, 4) is 11.5 Å². The van der Waals surface area contributed by atoms with E-state index in [2.05, 4.69) is 5.32 Å². The summed E-state index contributed by atoms with van der Waals surface area (Å²) in [6.45, 7) is 1.05. The van der Waals surface area contributed by atoms with Gasteiger partial charge in [0.25, 0.3) is 5.91 Å². The van der Waals surface area contributed by atoms with Gasteiger partial charge in [0.15, 0.2) is 11.5 Å². The Morgan fingerprint density at radius 1 is 1.24 bits per heavy atom. The zero-order valence-corrected chi connectivity index (χ0v) is 11.2. The van der Waals surface area contributed by atoms with Gasteiger partial charge in [-0.1, -0.05) is 0 Å². The molecule has 1 aliphatic rings. The van der Waals surface area contributed by atoms with Gasteiger partial charge in [0.1, 0.15) is 25.1 Å². The molecule has 1 aromatic carbocycles. The quantitative estimate of drug-likeness (QED) is 0.891. The monoisotopic (exact) mass is 289 g/mol. The Morgan fingerprint density at radius 3 is 2.81 bits per heavy atom. The van der Waals surface area contributed by atoms with Crippen LogP contribution in [0.1, 0.15) is 22.2 Å². The van der Waals surface area contributed by atoms with E-state index in [0.29, 0.717) is 36.0 Å². The van der Waals surface area contributed by atoms with Crippen LogP contribution in [0, 0.1) is 0 Å². The molecule has 0 saturated heterocycles. The third-order valence-electron chi connectivity index (χ3n) is 3.13. The van der Waals surface area contributed by atoms with Crippen LogP contribution in [-0.2, 0) is 0 Å². The van der Waals surface area contributed by atoms with Crippen molar-refractivity contribution in [2.45, 2.75) is 6.10 Å². The molecule has 21 heavy (non-hydrogen) atoms. The van der Waals surface area contributed by atoms with Gasteiger partial charge in [0.2, 0.25) is 0 Å². The van der Waals surface area contributed by atoms with Crippen molar-refractivity contribution in [1.82, 2.24) is 5.32 Å². The molecule has 1 unspecified atom stereocenters. The lowest BCUT2D eigenvalue weighted by Gasteiger charge is -2.18. The van der Waals surface area contributed by atoms with Gasteiger partial charge in [-0.15, -0.1) is 0 Å². The van der Waals surface area contributed by atoms with Gasteiger partial charge >= 0.3 is 0 Å². The van der Waals surface area contributed by atoms with Crippen LogP contribution in [0.4, 0.5) is 0 Å². The third-order valence-corrected chi connectivity index (χ3v) is 3.13. The minimum atomic E-state index is -0.874. The number of carbonyl (C=O) groups excluding carboxylic acids is 1. The number of furan rings is 1. The Morgan fingerprint density at radius 2 is 2.05 bits per heavy atom. The number of benzene rings is 1. The number of aliphatic hydroxyl groups is 1. The first kappa shape index (κ1) is 13.5. The van der Waals surface area contributed by atoms with E-state index in [1.54, 1.807) is 30.3 Å². The molecule has 2 aromatic rings. The van der Waals surface area contributed by atoms with Crippen molar-refractivity contribution in [2.24, 2.45) is 0 Å².